The molecule has 3 aromatic carbocycles. The molecule has 1 atom stereocenters. The molecular weight excluding hydrogens is 338 g/mol. The number of hydrogen-bond acceptors (Lipinski definition) is 3. The third-order valence-corrected chi connectivity index (χ3v) is 5.11. The minimum Gasteiger partial charge on any atom is -0.447 e. The molecule has 0 aliphatic carbocycles. The van der Waals surface area contributed by atoms with E-state index in [4.69, 9.17) is 4.74 Å². The lowest BCUT2D eigenvalue weighted by Gasteiger charge is -2.44. The molecule has 3 aromatic rings. The number of aliphatic hydroxyl groups excluding tert-OH is 1. The number of benzene rings is 3. The molecule has 0 radical (unpaired) electrons. The first kappa shape index (κ1) is 17.3. The van der Waals surface area contributed by atoms with Gasteiger partial charge in [-0.25, -0.2) is 4.79 Å². The molecule has 1 heterocycles. The number of hydrogen-bond donors (Lipinski definition) is 1. The Bertz CT molecular complexity index is 800. The second kappa shape index (κ2) is 7.25. The first-order chi connectivity index (χ1) is 13.3. The maximum Gasteiger partial charge on any atom is 0.411 e. The van der Waals surface area contributed by atoms with Crippen molar-refractivity contribution in [3.63, 3.8) is 0 Å². The van der Waals surface area contributed by atoms with E-state index in [0.29, 0.717) is 0 Å². The van der Waals surface area contributed by atoms with E-state index in [1.54, 1.807) is 4.90 Å². The highest BCUT2D eigenvalue weighted by molar-refractivity contribution is 5.74. The molecule has 4 nitrogen and oxygen atoms in total. The van der Waals surface area contributed by atoms with Gasteiger partial charge in [0.05, 0.1) is 12.6 Å². The predicted molar refractivity (Wildman–Crippen MR) is 103 cm³/mol. The zero-order valence-electron chi connectivity index (χ0n) is 14.9. The van der Waals surface area contributed by atoms with Crippen LogP contribution >= 0.6 is 0 Å². The van der Waals surface area contributed by atoms with Crippen LogP contribution in [0.15, 0.2) is 91.0 Å². The van der Waals surface area contributed by atoms with E-state index in [2.05, 4.69) is 0 Å². The maximum absolute atomic E-state index is 12.9. The van der Waals surface area contributed by atoms with E-state index in [0.717, 1.165) is 16.7 Å². The van der Waals surface area contributed by atoms with Crippen molar-refractivity contribution in [2.24, 2.45) is 0 Å². The number of cyclic esters (lactones) is 1. The molecule has 0 aromatic heterocycles. The summed E-state index contributed by atoms with van der Waals surface area (Å²) in [4.78, 5) is 14.6. The van der Waals surface area contributed by atoms with Gasteiger partial charge in [-0.05, 0) is 16.7 Å². The van der Waals surface area contributed by atoms with Gasteiger partial charge in [0.2, 0.25) is 0 Å². The van der Waals surface area contributed by atoms with Crippen molar-refractivity contribution in [1.82, 2.24) is 4.90 Å². The van der Waals surface area contributed by atoms with E-state index in [-0.39, 0.29) is 13.2 Å². The first-order valence-corrected chi connectivity index (χ1v) is 9.02. The fourth-order valence-corrected chi connectivity index (χ4v) is 3.96. The van der Waals surface area contributed by atoms with Crippen LogP contribution in [0.25, 0.3) is 0 Å². The minimum atomic E-state index is -0.898. The summed E-state index contributed by atoms with van der Waals surface area (Å²) in [6, 6.07) is 29.3. The molecule has 27 heavy (non-hydrogen) atoms. The Morgan fingerprint density at radius 2 is 1.22 bits per heavy atom. The minimum absolute atomic E-state index is 0.167. The van der Waals surface area contributed by atoms with Crippen molar-refractivity contribution in [3.8, 4) is 0 Å². The summed E-state index contributed by atoms with van der Waals surface area (Å²) in [7, 11) is 0. The van der Waals surface area contributed by atoms with Gasteiger partial charge in [-0.1, -0.05) is 91.0 Å². The Morgan fingerprint density at radius 1 is 0.815 bits per heavy atom. The summed E-state index contributed by atoms with van der Waals surface area (Å²) in [5, 5.41) is 9.98. The van der Waals surface area contributed by atoms with Crippen LogP contribution in [0.2, 0.25) is 0 Å². The lowest BCUT2D eigenvalue weighted by molar-refractivity contribution is 0.111. The molecule has 1 saturated heterocycles. The number of amides is 1. The highest BCUT2D eigenvalue weighted by Gasteiger charge is 2.51. The van der Waals surface area contributed by atoms with Crippen molar-refractivity contribution < 1.29 is 14.6 Å². The van der Waals surface area contributed by atoms with E-state index < -0.39 is 17.7 Å². The second-order valence-corrected chi connectivity index (χ2v) is 6.59. The normalized spacial score (nSPS) is 17.0. The van der Waals surface area contributed by atoms with Crippen LogP contribution in [0, 0.1) is 0 Å². The average Bonchev–Trinajstić information content (AvgIpc) is 3.12. The molecule has 1 fully saturated rings. The molecule has 4 heteroatoms. The third-order valence-electron chi connectivity index (χ3n) is 5.11. The van der Waals surface area contributed by atoms with Crippen LogP contribution in [0.1, 0.15) is 16.7 Å². The van der Waals surface area contributed by atoms with Crippen LogP contribution in [-0.4, -0.2) is 35.4 Å². The fourth-order valence-electron chi connectivity index (χ4n) is 3.96. The van der Waals surface area contributed by atoms with Gasteiger partial charge in [0.25, 0.3) is 0 Å². The van der Waals surface area contributed by atoms with Crippen LogP contribution in [0.5, 0.6) is 0 Å². The number of aliphatic hydroxyl groups is 1. The van der Waals surface area contributed by atoms with Gasteiger partial charge in [0.15, 0.2) is 0 Å². The van der Waals surface area contributed by atoms with Crippen molar-refractivity contribution in [3.05, 3.63) is 108 Å². The van der Waals surface area contributed by atoms with E-state index in [1.807, 2.05) is 91.0 Å². The van der Waals surface area contributed by atoms with E-state index >= 15 is 0 Å². The Labute approximate surface area is 158 Å². The van der Waals surface area contributed by atoms with Crippen LogP contribution in [0.4, 0.5) is 4.79 Å². The summed E-state index contributed by atoms with van der Waals surface area (Å²) in [5.41, 5.74) is 1.93. The fraction of sp³-hybridized carbons (Fsp3) is 0.174. The molecule has 4 rings (SSSR count). The zero-order chi connectivity index (χ0) is 18.7. The molecule has 0 saturated carbocycles. The first-order valence-electron chi connectivity index (χ1n) is 9.02. The van der Waals surface area contributed by atoms with Crippen LogP contribution in [0.3, 0.4) is 0 Å². The number of nitrogens with zero attached hydrogens (tertiary/aromatic N) is 1. The van der Waals surface area contributed by atoms with E-state index in [1.165, 1.54) is 0 Å². The third kappa shape index (κ3) is 2.78. The van der Waals surface area contributed by atoms with Gasteiger partial charge >= 0.3 is 6.09 Å². The lowest BCUT2D eigenvalue weighted by atomic mass is 9.75. The van der Waals surface area contributed by atoms with Crippen molar-refractivity contribution in [2.75, 3.05) is 13.2 Å². The van der Waals surface area contributed by atoms with Crippen molar-refractivity contribution >= 4 is 6.09 Å². The smallest absolute Gasteiger partial charge is 0.411 e. The summed E-state index contributed by atoms with van der Waals surface area (Å²) >= 11 is 0. The van der Waals surface area contributed by atoms with Crippen LogP contribution < -0.4 is 0 Å². The Kier molecular flexibility index (Phi) is 4.65. The van der Waals surface area contributed by atoms with Crippen LogP contribution in [-0.2, 0) is 10.3 Å². The lowest BCUT2D eigenvalue weighted by Crippen LogP contribution is -2.53. The van der Waals surface area contributed by atoms with Gasteiger partial charge in [-0.2, -0.15) is 0 Å². The molecule has 0 unspecified atom stereocenters. The summed E-state index contributed by atoms with van der Waals surface area (Å²) in [5.74, 6) is 0. The number of carbonyl (C=O) groups excluding carboxylic acids is 1. The van der Waals surface area contributed by atoms with Gasteiger partial charge in [0.1, 0.15) is 12.1 Å². The largest absolute Gasteiger partial charge is 0.447 e. The monoisotopic (exact) mass is 359 g/mol. The summed E-state index contributed by atoms with van der Waals surface area (Å²) < 4.78 is 5.37. The molecule has 1 aliphatic heterocycles. The van der Waals surface area contributed by atoms with Gasteiger partial charge in [-0.3, -0.25) is 4.90 Å². The van der Waals surface area contributed by atoms with Crippen molar-refractivity contribution in [1.29, 1.82) is 0 Å². The predicted octanol–water partition coefficient (Wildman–Crippen LogP) is 3.79. The van der Waals surface area contributed by atoms with E-state index in [9.17, 15) is 9.90 Å². The quantitative estimate of drug-likeness (QED) is 0.705. The highest BCUT2D eigenvalue weighted by Crippen LogP contribution is 2.45. The van der Waals surface area contributed by atoms with Gasteiger partial charge in [-0.15, -0.1) is 0 Å². The number of rotatable bonds is 5. The Morgan fingerprint density at radius 3 is 1.59 bits per heavy atom. The second-order valence-electron chi connectivity index (χ2n) is 6.59. The number of ether oxygens (including phenoxy) is 1. The standard InChI is InChI=1S/C23H21NO3/c25-16-21-17-27-22(26)24(21)23(18-10-4-1-5-11-18,19-12-6-2-7-13-19)20-14-8-3-9-15-20/h1-15,21,25H,16-17H2/t21-/m0/s1. The maximum atomic E-state index is 12.9. The highest BCUT2D eigenvalue weighted by atomic mass is 16.6. The van der Waals surface area contributed by atoms with Crippen molar-refractivity contribution in [2.45, 2.75) is 11.6 Å². The molecule has 0 spiro atoms. The SMILES string of the molecule is O=C1OC[C@H](CO)N1C(c1ccccc1)(c1ccccc1)c1ccccc1. The zero-order valence-corrected chi connectivity index (χ0v) is 14.9. The Balaban J connectivity index is 2.08. The molecule has 136 valence electrons. The summed E-state index contributed by atoms with van der Waals surface area (Å²) in [6.07, 6.45) is -0.425. The number of carbonyl (C=O) groups is 1. The van der Waals surface area contributed by atoms with Gasteiger partial charge in [0, 0.05) is 0 Å². The summed E-state index contributed by atoms with van der Waals surface area (Å²) in [6.45, 7) is 0.00355. The van der Waals surface area contributed by atoms with Gasteiger partial charge < -0.3 is 9.84 Å². The molecule has 1 amide bonds. The molecule has 0 bridgehead atoms. The molecule has 1 N–H and O–H groups in total. The Hall–Kier alpha value is -3.11. The topological polar surface area (TPSA) is 49.8 Å². The molecule has 1 aliphatic rings. The average molecular weight is 359 g/mol. The molecular formula is C23H21NO3.